The largest absolute Gasteiger partial charge is 0.496 e. The van der Waals surface area contributed by atoms with Gasteiger partial charge in [0, 0.05) is 22.3 Å². The molecule has 5 rings (SSSR count). The van der Waals surface area contributed by atoms with Gasteiger partial charge in [-0.3, -0.25) is 4.79 Å². The van der Waals surface area contributed by atoms with Gasteiger partial charge in [-0.25, -0.2) is 0 Å². The topological polar surface area (TPSA) is 35.5 Å². The van der Waals surface area contributed by atoms with E-state index in [-0.39, 0.29) is 0 Å². The maximum atomic E-state index is 11.2. The number of carbonyl (C=O) groups is 1. The first-order valence-corrected chi connectivity index (χ1v) is 11.8. The number of ether oxygens (including phenoxy) is 2. The molecule has 0 amide bonds. The third kappa shape index (κ3) is 4.51. The highest BCUT2D eigenvalue weighted by Crippen LogP contribution is 2.43. The van der Waals surface area contributed by atoms with Gasteiger partial charge >= 0.3 is 0 Å². The van der Waals surface area contributed by atoms with Gasteiger partial charge in [0.25, 0.3) is 0 Å². The number of carbonyl (C=O) groups excluding carboxylic acids is 1. The van der Waals surface area contributed by atoms with Crippen LogP contribution in [0.15, 0.2) is 115 Å². The molecule has 176 valence electrons. The van der Waals surface area contributed by atoms with Crippen LogP contribution < -0.4 is 9.47 Å². The number of rotatable bonds is 7. The van der Waals surface area contributed by atoms with E-state index in [0.29, 0.717) is 5.56 Å². The Kier molecular flexibility index (Phi) is 6.63. The molecule has 0 N–H and O–H groups in total. The van der Waals surface area contributed by atoms with Crippen LogP contribution in [0, 0.1) is 0 Å². The molecule has 0 saturated heterocycles. The van der Waals surface area contributed by atoms with E-state index in [1.807, 2.05) is 66.7 Å². The van der Waals surface area contributed by atoms with E-state index in [1.54, 1.807) is 14.2 Å². The number of hydrogen-bond acceptors (Lipinski definition) is 3. The summed E-state index contributed by atoms with van der Waals surface area (Å²) in [4.78, 5) is 11.2. The number of hydrogen-bond donors (Lipinski definition) is 0. The highest BCUT2D eigenvalue weighted by Gasteiger charge is 2.17. The van der Waals surface area contributed by atoms with Crippen LogP contribution in [0.4, 0.5) is 0 Å². The Morgan fingerprint density at radius 1 is 0.500 bits per heavy atom. The first-order valence-electron chi connectivity index (χ1n) is 11.8. The lowest BCUT2D eigenvalue weighted by Gasteiger charge is -2.18. The molecule has 0 bridgehead atoms. The van der Waals surface area contributed by atoms with Gasteiger partial charge in [0.1, 0.15) is 17.8 Å². The summed E-state index contributed by atoms with van der Waals surface area (Å²) in [5.74, 6) is 1.62. The molecule has 3 heteroatoms. The van der Waals surface area contributed by atoms with Gasteiger partial charge in [0.15, 0.2) is 0 Å². The van der Waals surface area contributed by atoms with Gasteiger partial charge in [0.05, 0.1) is 14.2 Å². The standard InChI is InChI=1S/C33H26O3/c1-35-32-18-17-27(19-29(32)24-9-5-3-6-10-24)28-20-30(25-11-7-4-8-12-25)33(36-2)31(21-28)26-15-13-23(22-34)14-16-26/h3-22H,1-2H3. The van der Waals surface area contributed by atoms with Gasteiger partial charge in [-0.2, -0.15) is 0 Å². The first kappa shape index (κ1) is 23.1. The van der Waals surface area contributed by atoms with Crippen molar-refractivity contribution < 1.29 is 14.3 Å². The summed E-state index contributed by atoms with van der Waals surface area (Å²) in [6.07, 6.45) is 0.856. The molecule has 0 saturated carbocycles. The Morgan fingerprint density at radius 2 is 1.00 bits per heavy atom. The van der Waals surface area contributed by atoms with Crippen molar-refractivity contribution in [2.75, 3.05) is 14.2 Å². The third-order valence-electron chi connectivity index (χ3n) is 6.35. The second kappa shape index (κ2) is 10.3. The first-order chi connectivity index (χ1) is 17.7. The fourth-order valence-electron chi connectivity index (χ4n) is 4.53. The maximum Gasteiger partial charge on any atom is 0.150 e. The fraction of sp³-hybridized carbons (Fsp3) is 0.0606. The second-order valence-corrected chi connectivity index (χ2v) is 8.49. The third-order valence-corrected chi connectivity index (χ3v) is 6.35. The van der Waals surface area contributed by atoms with Gasteiger partial charge in [0.2, 0.25) is 0 Å². The summed E-state index contributed by atoms with van der Waals surface area (Å²) in [7, 11) is 3.40. The zero-order valence-corrected chi connectivity index (χ0v) is 20.3. The van der Waals surface area contributed by atoms with E-state index in [4.69, 9.17) is 9.47 Å². The Balaban J connectivity index is 1.75. The number of benzene rings is 5. The highest BCUT2D eigenvalue weighted by atomic mass is 16.5. The molecule has 36 heavy (non-hydrogen) atoms. The average Bonchev–Trinajstić information content (AvgIpc) is 2.97. The van der Waals surface area contributed by atoms with Crippen LogP contribution in [0.3, 0.4) is 0 Å². The Labute approximate surface area is 211 Å². The summed E-state index contributed by atoms with van der Waals surface area (Å²) >= 11 is 0. The molecule has 0 fully saturated rings. The van der Waals surface area contributed by atoms with Gasteiger partial charge in [-0.1, -0.05) is 91.0 Å². The lowest BCUT2D eigenvalue weighted by molar-refractivity contribution is 0.112. The lowest BCUT2D eigenvalue weighted by Crippen LogP contribution is -1.95. The fourth-order valence-corrected chi connectivity index (χ4v) is 4.53. The number of aldehydes is 1. The minimum atomic E-state index is 0.639. The van der Waals surface area contributed by atoms with Gasteiger partial charge < -0.3 is 9.47 Å². The van der Waals surface area contributed by atoms with E-state index >= 15 is 0 Å². The van der Waals surface area contributed by atoms with Crippen molar-refractivity contribution in [3.8, 4) is 56.0 Å². The van der Waals surface area contributed by atoms with Crippen LogP contribution in [0.2, 0.25) is 0 Å². The van der Waals surface area contributed by atoms with Crippen LogP contribution in [-0.2, 0) is 0 Å². The minimum Gasteiger partial charge on any atom is -0.496 e. The van der Waals surface area contributed by atoms with E-state index in [1.165, 1.54) is 0 Å². The molecular formula is C33H26O3. The Morgan fingerprint density at radius 3 is 1.53 bits per heavy atom. The predicted molar refractivity (Wildman–Crippen MR) is 147 cm³/mol. The monoisotopic (exact) mass is 470 g/mol. The second-order valence-electron chi connectivity index (χ2n) is 8.49. The van der Waals surface area contributed by atoms with E-state index < -0.39 is 0 Å². The molecule has 0 atom stereocenters. The molecule has 0 aromatic heterocycles. The van der Waals surface area contributed by atoms with Crippen molar-refractivity contribution in [2.45, 2.75) is 0 Å². The van der Waals surface area contributed by atoms with Crippen molar-refractivity contribution in [1.82, 2.24) is 0 Å². The van der Waals surface area contributed by atoms with Crippen molar-refractivity contribution in [3.05, 3.63) is 121 Å². The van der Waals surface area contributed by atoms with Crippen LogP contribution in [0.25, 0.3) is 44.5 Å². The Bertz CT molecular complexity index is 1490. The van der Waals surface area contributed by atoms with Crippen LogP contribution in [0.5, 0.6) is 11.5 Å². The molecular weight excluding hydrogens is 444 g/mol. The quantitative estimate of drug-likeness (QED) is 0.225. The molecule has 0 radical (unpaired) electrons. The summed E-state index contributed by atoms with van der Waals surface area (Å²) in [5.41, 5.74) is 8.91. The molecule has 5 aromatic rings. The maximum absolute atomic E-state index is 11.2. The zero-order chi connectivity index (χ0) is 24.9. The summed E-state index contributed by atoms with van der Waals surface area (Å²) < 4.78 is 11.7. The normalized spacial score (nSPS) is 10.6. The molecule has 0 heterocycles. The summed E-state index contributed by atoms with van der Waals surface area (Å²) in [6, 6.07) is 38.7. The molecule has 0 aliphatic heterocycles. The minimum absolute atomic E-state index is 0.639. The van der Waals surface area contributed by atoms with Gasteiger partial charge in [-0.05, 0) is 52.1 Å². The summed E-state index contributed by atoms with van der Waals surface area (Å²) in [6.45, 7) is 0. The van der Waals surface area contributed by atoms with Crippen LogP contribution >= 0.6 is 0 Å². The Hall–Kier alpha value is -4.63. The molecule has 0 aliphatic rings. The van der Waals surface area contributed by atoms with Gasteiger partial charge in [-0.15, -0.1) is 0 Å². The zero-order valence-electron chi connectivity index (χ0n) is 20.3. The molecule has 3 nitrogen and oxygen atoms in total. The SMILES string of the molecule is COc1ccc(-c2cc(-c3ccccc3)c(OC)c(-c3ccc(C=O)cc3)c2)cc1-c1ccccc1. The molecule has 0 unspecified atom stereocenters. The van der Waals surface area contributed by atoms with Crippen molar-refractivity contribution in [2.24, 2.45) is 0 Å². The van der Waals surface area contributed by atoms with Crippen LogP contribution in [-0.4, -0.2) is 20.5 Å². The predicted octanol–water partition coefficient (Wildman–Crippen LogP) is 8.18. The highest BCUT2D eigenvalue weighted by molar-refractivity contribution is 5.90. The molecule has 5 aromatic carbocycles. The molecule has 0 spiro atoms. The van der Waals surface area contributed by atoms with E-state index in [9.17, 15) is 4.79 Å². The number of methoxy groups -OCH3 is 2. The smallest absolute Gasteiger partial charge is 0.150 e. The van der Waals surface area contributed by atoms with Crippen LogP contribution in [0.1, 0.15) is 10.4 Å². The summed E-state index contributed by atoms with van der Waals surface area (Å²) in [5, 5.41) is 0. The molecule has 0 aliphatic carbocycles. The average molecular weight is 471 g/mol. The van der Waals surface area contributed by atoms with Crippen molar-refractivity contribution in [3.63, 3.8) is 0 Å². The van der Waals surface area contributed by atoms with Crippen molar-refractivity contribution >= 4 is 6.29 Å². The van der Waals surface area contributed by atoms with E-state index in [0.717, 1.165) is 62.3 Å². The van der Waals surface area contributed by atoms with Crippen molar-refractivity contribution in [1.29, 1.82) is 0 Å². The van der Waals surface area contributed by atoms with E-state index in [2.05, 4.69) is 48.5 Å². The lowest BCUT2D eigenvalue weighted by atomic mass is 9.90.